The molecule has 0 unspecified atom stereocenters. The molecule has 0 aromatic heterocycles. The number of carbonyl (C=O) groups excluding carboxylic acids is 1. The number of aryl methyl sites for hydroxylation is 1. The van der Waals surface area contributed by atoms with Crippen molar-refractivity contribution < 1.29 is 22.7 Å². The van der Waals surface area contributed by atoms with Crippen LogP contribution in [0.4, 0.5) is 5.69 Å². The molecule has 1 N–H and O–H groups in total. The first-order valence-electron chi connectivity index (χ1n) is 15.2. The number of hydrogen-bond donors (Lipinski definition) is 1. The minimum absolute atomic E-state index is 0.252. The number of methoxy groups -OCH3 is 1. The highest BCUT2D eigenvalue weighted by Crippen LogP contribution is 2.49. The molecule has 2 fully saturated rings. The Morgan fingerprint density at radius 3 is 2.73 bits per heavy atom. The Labute approximate surface area is 248 Å². The average Bonchev–Trinajstić information content (AvgIpc) is 3.10. The number of nitrogens with zero attached hydrogens (tertiary/aromatic N) is 1. The van der Waals surface area contributed by atoms with Gasteiger partial charge in [0.05, 0.1) is 29.7 Å². The first-order chi connectivity index (χ1) is 19.7. The molecule has 9 heteroatoms. The van der Waals surface area contributed by atoms with E-state index in [4.69, 9.17) is 21.1 Å². The zero-order valence-corrected chi connectivity index (χ0v) is 25.2. The summed E-state index contributed by atoms with van der Waals surface area (Å²) in [7, 11) is -2.10. The molecule has 7 nitrogen and oxygen atoms in total. The van der Waals surface area contributed by atoms with Crippen LogP contribution in [0, 0.1) is 17.8 Å². The lowest BCUT2D eigenvalue weighted by atomic mass is 9.67. The second-order valence-electron chi connectivity index (χ2n) is 13.1. The number of fused-ring (bicyclic) bond motifs is 6. The van der Waals surface area contributed by atoms with E-state index in [1.54, 1.807) is 13.2 Å². The predicted octanol–water partition coefficient (Wildman–Crippen LogP) is 5.87. The maximum atomic E-state index is 13.3. The third-order valence-electron chi connectivity index (χ3n) is 10.7. The van der Waals surface area contributed by atoms with Crippen LogP contribution in [-0.2, 0) is 21.9 Å². The fraction of sp³-hybridized carbons (Fsp3) is 0.594. The molecule has 5 aliphatic rings. The standard InChI is InChI=1S/C32H39ClN2O5S/c1-39-30-16-26-22(14-27(30)33)5-3-11-32(26)18-35-17-24-8-7-21(24)12-20-4-2-6-25(13-20)41(37,38)34-31(36)23-9-10-29(40-19-32)28(35)15-23/h9-10,14-16,20-21,24-25H,2-8,11-13,17-19H2,1H3,(H,34,36)/t20-,21+,24-,25-,32-/m0/s1. The van der Waals surface area contributed by atoms with Gasteiger partial charge in [-0.2, -0.15) is 0 Å². The van der Waals surface area contributed by atoms with Crippen molar-refractivity contribution in [3.63, 3.8) is 0 Å². The Kier molecular flexibility index (Phi) is 6.93. The number of sulfonamides is 1. The second-order valence-corrected chi connectivity index (χ2v) is 15.5. The van der Waals surface area contributed by atoms with Crippen molar-refractivity contribution in [1.82, 2.24) is 4.72 Å². The molecule has 2 saturated carbocycles. The van der Waals surface area contributed by atoms with E-state index in [9.17, 15) is 13.2 Å². The van der Waals surface area contributed by atoms with Gasteiger partial charge in [0, 0.05) is 24.1 Å². The lowest BCUT2D eigenvalue weighted by Gasteiger charge is -2.46. The minimum Gasteiger partial charge on any atom is -0.495 e. The molecule has 4 bridgehead atoms. The zero-order valence-electron chi connectivity index (χ0n) is 23.7. The summed E-state index contributed by atoms with van der Waals surface area (Å²) in [6, 6.07) is 9.54. The Balaban J connectivity index is 1.31. The number of nitrogens with one attached hydrogen (secondary N) is 1. The van der Waals surface area contributed by atoms with Gasteiger partial charge < -0.3 is 14.4 Å². The van der Waals surface area contributed by atoms with Crippen molar-refractivity contribution in [3.05, 3.63) is 52.0 Å². The highest BCUT2D eigenvalue weighted by atomic mass is 35.5. The molecule has 3 aliphatic carbocycles. The van der Waals surface area contributed by atoms with Gasteiger partial charge >= 0.3 is 0 Å². The maximum absolute atomic E-state index is 13.3. The number of carbonyl (C=O) groups is 1. The van der Waals surface area contributed by atoms with Gasteiger partial charge in [0.1, 0.15) is 11.5 Å². The summed E-state index contributed by atoms with van der Waals surface area (Å²) in [6.45, 7) is 2.18. The highest BCUT2D eigenvalue weighted by molar-refractivity contribution is 7.90. The summed E-state index contributed by atoms with van der Waals surface area (Å²) in [5.74, 6) is 2.40. The molecule has 41 heavy (non-hydrogen) atoms. The van der Waals surface area contributed by atoms with Crippen molar-refractivity contribution in [3.8, 4) is 11.5 Å². The molecule has 2 heterocycles. The number of anilines is 1. The molecule has 220 valence electrons. The highest BCUT2D eigenvalue weighted by Gasteiger charge is 2.45. The second kappa shape index (κ2) is 10.4. The summed E-state index contributed by atoms with van der Waals surface area (Å²) in [5, 5.41) is 0.135. The monoisotopic (exact) mass is 598 g/mol. The van der Waals surface area contributed by atoms with Gasteiger partial charge in [-0.05, 0) is 111 Å². The van der Waals surface area contributed by atoms with Gasteiger partial charge in [-0.25, -0.2) is 13.1 Å². The van der Waals surface area contributed by atoms with Crippen molar-refractivity contribution in [2.24, 2.45) is 17.8 Å². The third kappa shape index (κ3) is 4.89. The van der Waals surface area contributed by atoms with Gasteiger partial charge in [-0.3, -0.25) is 4.79 Å². The summed E-state index contributed by atoms with van der Waals surface area (Å²) in [6.07, 6.45) is 9.71. The molecule has 1 spiro atoms. The molecule has 1 amide bonds. The van der Waals surface area contributed by atoms with Crippen LogP contribution < -0.4 is 19.1 Å². The van der Waals surface area contributed by atoms with E-state index in [0.29, 0.717) is 53.5 Å². The van der Waals surface area contributed by atoms with Crippen LogP contribution in [-0.4, -0.2) is 46.4 Å². The minimum atomic E-state index is -3.75. The fourth-order valence-electron chi connectivity index (χ4n) is 8.33. The predicted molar refractivity (Wildman–Crippen MR) is 160 cm³/mol. The van der Waals surface area contributed by atoms with E-state index in [1.807, 2.05) is 12.1 Å². The van der Waals surface area contributed by atoms with E-state index in [1.165, 1.54) is 24.0 Å². The maximum Gasteiger partial charge on any atom is 0.264 e. The summed E-state index contributed by atoms with van der Waals surface area (Å²) in [5.41, 5.74) is 3.46. The summed E-state index contributed by atoms with van der Waals surface area (Å²) >= 11 is 6.55. The Hall–Kier alpha value is -2.45. The van der Waals surface area contributed by atoms with E-state index in [-0.39, 0.29) is 5.41 Å². The number of rotatable bonds is 1. The van der Waals surface area contributed by atoms with E-state index in [0.717, 1.165) is 63.1 Å². The molecular formula is C32H39ClN2O5S. The quantitative estimate of drug-likeness (QED) is 0.442. The van der Waals surface area contributed by atoms with Crippen LogP contribution in [0.25, 0.3) is 0 Å². The molecule has 7 rings (SSSR count). The van der Waals surface area contributed by atoms with Crippen LogP contribution >= 0.6 is 11.6 Å². The van der Waals surface area contributed by atoms with Crippen LogP contribution in [0.1, 0.15) is 79.3 Å². The first-order valence-corrected chi connectivity index (χ1v) is 17.1. The molecule has 2 aromatic rings. The van der Waals surface area contributed by atoms with Crippen LogP contribution in [0.5, 0.6) is 11.5 Å². The van der Waals surface area contributed by atoms with E-state index < -0.39 is 21.2 Å². The first kappa shape index (κ1) is 27.4. The molecule has 2 aromatic carbocycles. The van der Waals surface area contributed by atoms with Crippen LogP contribution in [0.15, 0.2) is 30.3 Å². The van der Waals surface area contributed by atoms with Crippen molar-refractivity contribution in [2.45, 2.75) is 74.9 Å². The summed E-state index contributed by atoms with van der Waals surface area (Å²) < 4.78 is 41.3. The lowest BCUT2D eigenvalue weighted by molar-refractivity contribution is 0.0979. The Morgan fingerprint density at radius 2 is 1.93 bits per heavy atom. The third-order valence-corrected chi connectivity index (χ3v) is 12.8. The molecule has 5 atom stereocenters. The van der Waals surface area contributed by atoms with E-state index >= 15 is 0 Å². The van der Waals surface area contributed by atoms with Crippen molar-refractivity contribution >= 4 is 33.2 Å². The topological polar surface area (TPSA) is 84.9 Å². The number of amides is 1. The molecular weight excluding hydrogens is 560 g/mol. The number of ether oxygens (including phenoxy) is 2. The Morgan fingerprint density at radius 1 is 1.07 bits per heavy atom. The average molecular weight is 599 g/mol. The lowest BCUT2D eigenvalue weighted by Crippen LogP contribution is -2.48. The van der Waals surface area contributed by atoms with Crippen molar-refractivity contribution in [2.75, 3.05) is 31.7 Å². The van der Waals surface area contributed by atoms with Crippen LogP contribution in [0.3, 0.4) is 0 Å². The Bertz CT molecular complexity index is 1480. The fourth-order valence-corrected chi connectivity index (χ4v) is 10.1. The van der Waals surface area contributed by atoms with Crippen molar-refractivity contribution in [1.29, 1.82) is 0 Å². The SMILES string of the molecule is COc1cc2c(cc1Cl)CCC[C@]21COc2ccc3cc2N(C[C@@H]2CC[C@@H]2C[C@@H]2CCC[C@@H](C2)S(=O)(=O)NC3=O)C1. The molecule has 2 aliphatic heterocycles. The largest absolute Gasteiger partial charge is 0.495 e. The smallest absolute Gasteiger partial charge is 0.264 e. The van der Waals surface area contributed by atoms with Gasteiger partial charge in [-0.15, -0.1) is 0 Å². The zero-order chi connectivity index (χ0) is 28.4. The van der Waals surface area contributed by atoms with Gasteiger partial charge in [0.25, 0.3) is 5.91 Å². The van der Waals surface area contributed by atoms with Gasteiger partial charge in [0.15, 0.2) is 0 Å². The number of benzene rings is 2. The summed E-state index contributed by atoms with van der Waals surface area (Å²) in [4.78, 5) is 15.8. The van der Waals surface area contributed by atoms with Gasteiger partial charge in [-0.1, -0.05) is 24.4 Å². The molecule has 0 saturated heterocycles. The number of halogens is 1. The normalized spacial score (nSPS) is 32.2. The molecule has 0 radical (unpaired) electrons. The van der Waals surface area contributed by atoms with E-state index in [2.05, 4.69) is 21.8 Å². The van der Waals surface area contributed by atoms with Crippen LogP contribution in [0.2, 0.25) is 5.02 Å². The number of hydrogen-bond acceptors (Lipinski definition) is 6. The van der Waals surface area contributed by atoms with Gasteiger partial charge in [0.2, 0.25) is 10.0 Å².